The van der Waals surface area contributed by atoms with Crippen LogP contribution in [0.25, 0.3) is 11.3 Å². The number of rotatable bonds is 6. The largest absolute Gasteiger partial charge is 0.453 e. The monoisotopic (exact) mass is 456 g/mol. The minimum atomic E-state index is -0.412. The van der Waals surface area contributed by atoms with Gasteiger partial charge in [-0.25, -0.2) is 14.8 Å². The summed E-state index contributed by atoms with van der Waals surface area (Å²) >= 11 is 2.22. The molecule has 0 radical (unpaired) electrons. The topological polar surface area (TPSA) is 94.0 Å². The highest BCUT2D eigenvalue weighted by atomic mass is 127. The van der Waals surface area contributed by atoms with Gasteiger partial charge in [0, 0.05) is 25.0 Å². The standard InChI is InChI=1S/C16H21IN6O2/c1-10(2)23-8-11(13(17)22-23)12-4-7-18-14(20-12)19-9-16(5-6-16)21-15(24)25-3/h4,7-8,10H,5-6,9H2,1-3H3,(H,21,24)(H,18,19,20). The summed E-state index contributed by atoms with van der Waals surface area (Å²) in [5.74, 6) is 0.531. The molecule has 0 atom stereocenters. The molecule has 2 N–H and O–H groups in total. The Kier molecular flexibility index (Phi) is 5.11. The molecule has 3 rings (SSSR count). The zero-order valence-corrected chi connectivity index (χ0v) is 16.6. The summed E-state index contributed by atoms with van der Waals surface area (Å²) in [6.45, 7) is 4.74. The summed E-state index contributed by atoms with van der Waals surface area (Å²) in [6.07, 6.45) is 5.13. The van der Waals surface area contributed by atoms with Crippen LogP contribution < -0.4 is 10.6 Å². The number of methoxy groups -OCH3 is 1. The number of alkyl carbamates (subject to hydrolysis) is 1. The normalized spacial score (nSPS) is 15.1. The molecule has 2 aromatic rings. The number of carbonyl (C=O) groups excluding carboxylic acids is 1. The number of ether oxygens (including phenoxy) is 1. The lowest BCUT2D eigenvalue weighted by Gasteiger charge is -2.17. The van der Waals surface area contributed by atoms with Crippen molar-refractivity contribution in [3.05, 3.63) is 22.2 Å². The number of hydrogen-bond donors (Lipinski definition) is 2. The van der Waals surface area contributed by atoms with Gasteiger partial charge in [-0.2, -0.15) is 5.10 Å². The third-order valence-electron chi connectivity index (χ3n) is 4.14. The Morgan fingerprint density at radius 3 is 2.84 bits per heavy atom. The predicted octanol–water partition coefficient (Wildman–Crippen LogP) is 2.83. The van der Waals surface area contributed by atoms with Crippen molar-refractivity contribution in [3.63, 3.8) is 0 Å². The van der Waals surface area contributed by atoms with E-state index in [0.717, 1.165) is 27.8 Å². The molecule has 0 bridgehead atoms. The number of nitrogens with one attached hydrogen (secondary N) is 2. The summed E-state index contributed by atoms with van der Waals surface area (Å²) in [5, 5.41) is 10.6. The van der Waals surface area contributed by atoms with Crippen LogP contribution in [0.5, 0.6) is 0 Å². The van der Waals surface area contributed by atoms with Crippen LogP contribution in [0.1, 0.15) is 32.7 Å². The Hall–Kier alpha value is -1.91. The quantitative estimate of drug-likeness (QED) is 0.650. The van der Waals surface area contributed by atoms with E-state index in [1.165, 1.54) is 7.11 Å². The van der Waals surface area contributed by atoms with Crippen molar-refractivity contribution in [2.45, 2.75) is 38.3 Å². The van der Waals surface area contributed by atoms with Gasteiger partial charge in [0.2, 0.25) is 5.95 Å². The van der Waals surface area contributed by atoms with E-state index in [9.17, 15) is 4.79 Å². The second-order valence-electron chi connectivity index (χ2n) is 6.42. The first-order chi connectivity index (χ1) is 11.9. The second kappa shape index (κ2) is 7.14. The average molecular weight is 456 g/mol. The smallest absolute Gasteiger partial charge is 0.407 e. The maximum Gasteiger partial charge on any atom is 0.407 e. The van der Waals surface area contributed by atoms with Crippen molar-refractivity contribution >= 4 is 34.6 Å². The van der Waals surface area contributed by atoms with Gasteiger partial charge in [0.25, 0.3) is 0 Å². The molecule has 1 amide bonds. The maximum atomic E-state index is 11.4. The molecule has 25 heavy (non-hydrogen) atoms. The van der Waals surface area contributed by atoms with Crippen LogP contribution in [0, 0.1) is 3.70 Å². The fourth-order valence-corrected chi connectivity index (χ4v) is 3.08. The van der Waals surface area contributed by atoms with E-state index < -0.39 is 6.09 Å². The second-order valence-corrected chi connectivity index (χ2v) is 7.45. The van der Waals surface area contributed by atoms with E-state index in [2.05, 4.69) is 66.9 Å². The molecule has 2 heterocycles. The molecule has 0 aliphatic heterocycles. The van der Waals surface area contributed by atoms with Gasteiger partial charge in [0.1, 0.15) is 3.70 Å². The van der Waals surface area contributed by atoms with Gasteiger partial charge >= 0.3 is 6.09 Å². The lowest BCUT2D eigenvalue weighted by molar-refractivity contribution is 0.166. The fraction of sp³-hybridized carbons (Fsp3) is 0.500. The maximum absolute atomic E-state index is 11.4. The molecule has 1 aliphatic carbocycles. The molecule has 0 aromatic carbocycles. The molecule has 0 unspecified atom stereocenters. The van der Waals surface area contributed by atoms with Gasteiger partial charge in [-0.1, -0.05) is 0 Å². The van der Waals surface area contributed by atoms with Crippen LogP contribution in [0.4, 0.5) is 10.7 Å². The Morgan fingerprint density at radius 1 is 1.48 bits per heavy atom. The van der Waals surface area contributed by atoms with E-state index in [-0.39, 0.29) is 5.54 Å². The number of carbonyl (C=O) groups is 1. The van der Waals surface area contributed by atoms with Crippen LogP contribution in [0.15, 0.2) is 18.5 Å². The summed E-state index contributed by atoms with van der Waals surface area (Å²) in [7, 11) is 1.37. The summed E-state index contributed by atoms with van der Waals surface area (Å²) in [5.41, 5.74) is 1.54. The molecule has 0 spiro atoms. The molecular weight excluding hydrogens is 435 g/mol. The zero-order chi connectivity index (χ0) is 18.0. The highest BCUT2D eigenvalue weighted by molar-refractivity contribution is 14.1. The number of anilines is 1. The van der Waals surface area contributed by atoms with Gasteiger partial charge in [0.05, 0.1) is 23.9 Å². The van der Waals surface area contributed by atoms with E-state index in [1.807, 2.05) is 16.9 Å². The number of nitrogens with zero attached hydrogens (tertiary/aromatic N) is 4. The van der Waals surface area contributed by atoms with E-state index >= 15 is 0 Å². The molecule has 1 aliphatic rings. The first-order valence-corrected chi connectivity index (χ1v) is 9.18. The van der Waals surface area contributed by atoms with Gasteiger partial charge in [-0.15, -0.1) is 0 Å². The van der Waals surface area contributed by atoms with Crippen molar-refractivity contribution in [3.8, 4) is 11.3 Å². The lowest BCUT2D eigenvalue weighted by atomic mass is 10.2. The Morgan fingerprint density at radius 2 is 2.24 bits per heavy atom. The molecule has 0 saturated heterocycles. The highest BCUT2D eigenvalue weighted by Gasteiger charge is 2.44. The van der Waals surface area contributed by atoms with Crippen LogP contribution in [-0.4, -0.2) is 45.0 Å². The Bertz CT molecular complexity index is 772. The average Bonchev–Trinajstić information content (AvgIpc) is 3.24. The zero-order valence-electron chi connectivity index (χ0n) is 14.4. The van der Waals surface area contributed by atoms with E-state index in [4.69, 9.17) is 0 Å². The minimum Gasteiger partial charge on any atom is -0.453 e. The first-order valence-electron chi connectivity index (χ1n) is 8.10. The van der Waals surface area contributed by atoms with Crippen LogP contribution in [0.2, 0.25) is 0 Å². The first kappa shape index (κ1) is 17.9. The van der Waals surface area contributed by atoms with Crippen LogP contribution in [0.3, 0.4) is 0 Å². The number of hydrogen-bond acceptors (Lipinski definition) is 6. The van der Waals surface area contributed by atoms with Gasteiger partial charge in [0.15, 0.2) is 0 Å². The Labute approximate surface area is 159 Å². The van der Waals surface area contributed by atoms with Crippen LogP contribution in [-0.2, 0) is 4.74 Å². The number of aromatic nitrogens is 4. The molecular formula is C16H21IN6O2. The summed E-state index contributed by atoms with van der Waals surface area (Å²) in [6, 6.07) is 2.16. The van der Waals surface area contributed by atoms with Gasteiger partial charge in [-0.05, 0) is 55.3 Å². The third-order valence-corrected chi connectivity index (χ3v) is 4.94. The lowest BCUT2D eigenvalue weighted by Crippen LogP contribution is -2.42. The van der Waals surface area contributed by atoms with Crippen molar-refractivity contribution in [2.24, 2.45) is 0 Å². The Balaban J connectivity index is 1.71. The molecule has 2 aromatic heterocycles. The molecule has 134 valence electrons. The van der Waals surface area contributed by atoms with Gasteiger partial charge < -0.3 is 15.4 Å². The summed E-state index contributed by atoms with van der Waals surface area (Å²) in [4.78, 5) is 20.3. The summed E-state index contributed by atoms with van der Waals surface area (Å²) < 4.78 is 7.50. The van der Waals surface area contributed by atoms with Crippen molar-refractivity contribution in [1.29, 1.82) is 0 Å². The molecule has 1 saturated carbocycles. The highest BCUT2D eigenvalue weighted by Crippen LogP contribution is 2.35. The minimum absolute atomic E-state index is 0.261. The molecule has 1 fully saturated rings. The molecule has 8 nitrogen and oxygen atoms in total. The predicted molar refractivity (Wildman–Crippen MR) is 102 cm³/mol. The third kappa shape index (κ3) is 4.20. The van der Waals surface area contributed by atoms with Crippen LogP contribution >= 0.6 is 22.6 Å². The van der Waals surface area contributed by atoms with Gasteiger partial charge in [-0.3, -0.25) is 4.68 Å². The van der Waals surface area contributed by atoms with Crippen molar-refractivity contribution in [2.75, 3.05) is 19.0 Å². The van der Waals surface area contributed by atoms with Crippen molar-refractivity contribution < 1.29 is 9.53 Å². The van der Waals surface area contributed by atoms with Crippen molar-refractivity contribution in [1.82, 2.24) is 25.1 Å². The molecule has 9 heteroatoms. The van der Waals surface area contributed by atoms with E-state index in [0.29, 0.717) is 18.5 Å². The number of amides is 1. The fourth-order valence-electron chi connectivity index (χ4n) is 2.41. The SMILES string of the molecule is COC(=O)NC1(CNc2nccc(-c3cn(C(C)C)nc3I)n2)CC1. The number of halogens is 1. The van der Waals surface area contributed by atoms with E-state index in [1.54, 1.807) is 6.20 Å².